The third kappa shape index (κ3) is 4.78. The minimum absolute atomic E-state index is 0.450. The fraction of sp³-hybridized carbons (Fsp3) is 0.200. The molecule has 1 heterocycles. The first-order chi connectivity index (χ1) is 12.7. The number of aliphatic imine (C=N–C) groups is 1. The van der Waals surface area contributed by atoms with E-state index in [9.17, 15) is 4.79 Å². The van der Waals surface area contributed by atoms with Crippen LogP contribution < -0.4 is 11.1 Å². The van der Waals surface area contributed by atoms with Crippen molar-refractivity contribution in [2.45, 2.75) is 23.2 Å². The van der Waals surface area contributed by atoms with E-state index in [0.29, 0.717) is 6.54 Å². The quantitative estimate of drug-likeness (QED) is 0.565. The van der Waals surface area contributed by atoms with E-state index >= 15 is 0 Å². The molecule has 3 N–H and O–H groups in total. The highest BCUT2D eigenvalue weighted by Crippen LogP contribution is 2.24. The molecular formula is C20H21N3OS2. The molecule has 4 nitrogen and oxygen atoms in total. The lowest BCUT2D eigenvalue weighted by atomic mass is 10.1. The van der Waals surface area contributed by atoms with Crippen LogP contribution in [0.3, 0.4) is 0 Å². The van der Waals surface area contributed by atoms with Gasteiger partial charge in [-0.3, -0.25) is 4.99 Å². The Bertz CT molecular complexity index is 814. The molecular weight excluding hydrogens is 362 g/mol. The van der Waals surface area contributed by atoms with Crippen LogP contribution in [0.5, 0.6) is 0 Å². The third-order valence-electron chi connectivity index (χ3n) is 4.00. The molecule has 26 heavy (non-hydrogen) atoms. The van der Waals surface area contributed by atoms with E-state index < -0.39 is 6.04 Å². The lowest BCUT2D eigenvalue weighted by Gasteiger charge is -2.20. The van der Waals surface area contributed by atoms with Crippen LogP contribution in [-0.4, -0.2) is 24.4 Å². The average molecular weight is 384 g/mol. The maximum atomic E-state index is 11.3. The van der Waals surface area contributed by atoms with Gasteiger partial charge in [-0.05, 0) is 35.6 Å². The fourth-order valence-electron chi connectivity index (χ4n) is 2.51. The Morgan fingerprint density at radius 2 is 1.81 bits per heavy atom. The van der Waals surface area contributed by atoms with Gasteiger partial charge < -0.3 is 15.8 Å². The van der Waals surface area contributed by atoms with Crippen LogP contribution in [0.4, 0.5) is 0 Å². The Balaban J connectivity index is 1.69. The molecule has 3 rings (SSSR count). The Morgan fingerprint density at radius 1 is 1.12 bits per heavy atom. The molecule has 0 saturated heterocycles. The molecule has 0 spiro atoms. The Labute approximate surface area is 162 Å². The van der Waals surface area contributed by atoms with Crippen molar-refractivity contribution in [3.8, 4) is 0 Å². The number of carbonyl (C=O) groups excluding carboxylic acids is 1. The number of thioether (sulfide) groups is 2. The third-order valence-corrected chi connectivity index (χ3v) is 5.77. The largest absolute Gasteiger partial charge is 0.335 e. The second-order valence-electron chi connectivity index (χ2n) is 5.80. The summed E-state index contributed by atoms with van der Waals surface area (Å²) >= 11 is 3.36. The molecule has 0 aliphatic carbocycles. The minimum Gasteiger partial charge on any atom is -0.335 e. The van der Waals surface area contributed by atoms with E-state index in [4.69, 9.17) is 5.73 Å². The second-order valence-corrected chi connectivity index (χ2v) is 7.69. The van der Waals surface area contributed by atoms with Gasteiger partial charge in [-0.2, -0.15) is 0 Å². The smallest absolute Gasteiger partial charge is 0.148 e. The van der Waals surface area contributed by atoms with Crippen molar-refractivity contribution in [3.05, 3.63) is 76.3 Å². The Hall–Kier alpha value is -2.02. The normalized spacial score (nSPS) is 16.5. The second kappa shape index (κ2) is 9.07. The molecule has 2 aromatic carbocycles. The molecule has 0 fully saturated rings. The van der Waals surface area contributed by atoms with Crippen LogP contribution in [0.15, 0.2) is 69.5 Å². The van der Waals surface area contributed by atoms with Crippen molar-refractivity contribution in [2.75, 3.05) is 6.26 Å². The summed E-state index contributed by atoms with van der Waals surface area (Å²) in [7, 11) is 0. The summed E-state index contributed by atoms with van der Waals surface area (Å²) in [4.78, 5) is 17.0. The molecule has 0 aromatic heterocycles. The van der Waals surface area contributed by atoms with E-state index in [2.05, 4.69) is 34.6 Å². The van der Waals surface area contributed by atoms with Crippen LogP contribution in [0.25, 0.3) is 0 Å². The highest BCUT2D eigenvalue weighted by molar-refractivity contribution is 8.02. The van der Waals surface area contributed by atoms with Crippen molar-refractivity contribution in [3.63, 3.8) is 0 Å². The van der Waals surface area contributed by atoms with E-state index in [1.165, 1.54) is 10.5 Å². The number of carbonyl (C=O) groups is 1. The summed E-state index contributed by atoms with van der Waals surface area (Å²) < 4.78 is 0. The first-order valence-corrected chi connectivity index (χ1v) is 10.5. The van der Waals surface area contributed by atoms with Crippen LogP contribution in [0, 0.1) is 0 Å². The average Bonchev–Trinajstić information content (AvgIpc) is 2.72. The lowest BCUT2D eigenvalue weighted by molar-refractivity contribution is -0.108. The van der Waals surface area contributed by atoms with Gasteiger partial charge in [-0.1, -0.05) is 36.4 Å². The van der Waals surface area contributed by atoms with Gasteiger partial charge >= 0.3 is 0 Å². The van der Waals surface area contributed by atoms with Crippen molar-refractivity contribution < 1.29 is 4.79 Å². The number of hydrogen-bond acceptors (Lipinski definition) is 6. The molecule has 0 bridgehead atoms. The monoisotopic (exact) mass is 383 g/mol. The molecule has 0 radical (unpaired) electrons. The highest BCUT2D eigenvalue weighted by Gasteiger charge is 2.16. The van der Waals surface area contributed by atoms with Gasteiger partial charge in [0.25, 0.3) is 0 Å². The standard InChI is InChI=1S/C20H21N3OS2/c1-25-18-8-6-16(7-9-18)20-22-17(12-24)10-19(23-20)26-13-15-4-2-14(11-21)3-5-15/h2-10,12,17H,11,13,21H2,1H3,(H,22,23). The van der Waals surface area contributed by atoms with Crippen molar-refractivity contribution >= 4 is 35.6 Å². The summed E-state index contributed by atoms with van der Waals surface area (Å²) in [5.41, 5.74) is 8.95. The maximum Gasteiger partial charge on any atom is 0.148 e. The number of benzene rings is 2. The van der Waals surface area contributed by atoms with E-state index in [1.807, 2.05) is 36.6 Å². The van der Waals surface area contributed by atoms with Gasteiger partial charge in [-0.25, -0.2) is 0 Å². The Morgan fingerprint density at radius 3 is 2.42 bits per heavy atom. The summed E-state index contributed by atoms with van der Waals surface area (Å²) in [6.45, 7) is 0.552. The van der Waals surface area contributed by atoms with Crippen LogP contribution in [0.1, 0.15) is 16.7 Å². The van der Waals surface area contributed by atoms with Gasteiger partial charge in [0.2, 0.25) is 0 Å². The predicted molar refractivity (Wildman–Crippen MR) is 111 cm³/mol. The van der Waals surface area contributed by atoms with Gasteiger partial charge in [0.15, 0.2) is 0 Å². The zero-order valence-electron chi connectivity index (χ0n) is 14.5. The van der Waals surface area contributed by atoms with E-state index in [1.54, 1.807) is 23.5 Å². The summed E-state index contributed by atoms with van der Waals surface area (Å²) in [5, 5.41) is 4.30. The number of amidine groups is 1. The van der Waals surface area contributed by atoms with E-state index in [0.717, 1.165) is 34.0 Å². The van der Waals surface area contributed by atoms with E-state index in [-0.39, 0.29) is 0 Å². The van der Waals surface area contributed by atoms with Crippen LogP contribution in [-0.2, 0) is 17.1 Å². The predicted octanol–water partition coefficient (Wildman–Crippen LogP) is 3.56. The molecule has 1 aliphatic heterocycles. The zero-order chi connectivity index (χ0) is 18.4. The van der Waals surface area contributed by atoms with Crippen molar-refractivity contribution in [2.24, 2.45) is 10.7 Å². The molecule has 1 atom stereocenters. The number of rotatable bonds is 7. The first kappa shape index (κ1) is 18.8. The molecule has 0 saturated carbocycles. The molecule has 134 valence electrons. The Kier molecular flexibility index (Phi) is 6.55. The highest BCUT2D eigenvalue weighted by atomic mass is 32.2. The summed E-state index contributed by atoms with van der Waals surface area (Å²) in [6, 6.07) is 16.0. The van der Waals surface area contributed by atoms with Crippen LogP contribution in [0.2, 0.25) is 0 Å². The summed E-state index contributed by atoms with van der Waals surface area (Å²) in [6.07, 6.45) is 4.78. The number of aldehydes is 1. The lowest BCUT2D eigenvalue weighted by Crippen LogP contribution is -2.29. The van der Waals surface area contributed by atoms with Crippen molar-refractivity contribution in [1.82, 2.24) is 5.32 Å². The number of hydrogen-bond donors (Lipinski definition) is 2. The minimum atomic E-state index is -0.450. The topological polar surface area (TPSA) is 67.5 Å². The molecule has 0 amide bonds. The molecule has 6 heteroatoms. The number of nitrogens with zero attached hydrogens (tertiary/aromatic N) is 1. The van der Waals surface area contributed by atoms with Gasteiger partial charge in [-0.15, -0.1) is 23.5 Å². The molecule has 1 aliphatic rings. The van der Waals surface area contributed by atoms with Crippen LogP contribution >= 0.6 is 23.5 Å². The van der Waals surface area contributed by atoms with Crippen molar-refractivity contribution in [1.29, 1.82) is 0 Å². The maximum absolute atomic E-state index is 11.3. The summed E-state index contributed by atoms with van der Waals surface area (Å²) in [5.74, 6) is 1.55. The molecule has 1 unspecified atom stereocenters. The number of nitrogens with one attached hydrogen (secondary N) is 1. The zero-order valence-corrected chi connectivity index (χ0v) is 16.1. The van der Waals surface area contributed by atoms with Gasteiger partial charge in [0, 0.05) is 22.8 Å². The first-order valence-electron chi connectivity index (χ1n) is 8.29. The SMILES string of the molecule is CSc1ccc(C2=NC(C=O)C=C(SCc3ccc(CN)cc3)N2)cc1. The number of nitrogens with two attached hydrogens (primary N) is 1. The fourth-order valence-corrected chi connectivity index (χ4v) is 3.84. The van der Waals surface area contributed by atoms with Gasteiger partial charge in [0.1, 0.15) is 18.2 Å². The molecule has 2 aromatic rings. The van der Waals surface area contributed by atoms with Gasteiger partial charge in [0.05, 0.1) is 5.03 Å².